The Morgan fingerprint density at radius 1 is 1.20 bits per heavy atom. The minimum atomic E-state index is 0.807. The number of aromatic nitrogens is 1. The van der Waals surface area contributed by atoms with Gasteiger partial charge in [0.05, 0.1) is 0 Å². The van der Waals surface area contributed by atoms with Crippen LogP contribution in [0.4, 0.5) is 0 Å². The summed E-state index contributed by atoms with van der Waals surface area (Å²) in [6, 6.07) is 8.72. The summed E-state index contributed by atoms with van der Waals surface area (Å²) < 4.78 is 7.81. The standard InChI is InChI=1S/C17H26N2O/c1-3-20-13-7-12-19-14-15(8-6-11-18-2)16-9-4-5-10-17(16)19/h4-5,9-10,14,18H,3,6-8,11-13H2,1-2H3. The lowest BCUT2D eigenvalue weighted by molar-refractivity contribution is 0.142. The number of hydrogen-bond donors (Lipinski definition) is 1. The minimum absolute atomic E-state index is 0.807. The molecule has 0 aliphatic heterocycles. The Balaban J connectivity index is 2.09. The number of ether oxygens (including phenoxy) is 1. The van der Waals surface area contributed by atoms with Crippen LogP contribution in [0.5, 0.6) is 0 Å². The number of fused-ring (bicyclic) bond motifs is 1. The second-order valence-electron chi connectivity index (χ2n) is 5.12. The van der Waals surface area contributed by atoms with Crippen LogP contribution in [-0.2, 0) is 17.7 Å². The Hall–Kier alpha value is -1.32. The number of hydrogen-bond acceptors (Lipinski definition) is 2. The summed E-state index contributed by atoms with van der Waals surface area (Å²) in [5, 5.41) is 4.62. The number of nitrogens with one attached hydrogen (secondary N) is 1. The summed E-state index contributed by atoms with van der Waals surface area (Å²) in [6.45, 7) is 5.81. The van der Waals surface area contributed by atoms with E-state index >= 15 is 0 Å². The lowest BCUT2D eigenvalue weighted by atomic mass is 10.1. The Kier molecular flexibility index (Phi) is 6.09. The average Bonchev–Trinajstić information content (AvgIpc) is 2.83. The fourth-order valence-electron chi connectivity index (χ4n) is 2.64. The number of nitrogens with zero attached hydrogens (tertiary/aromatic N) is 1. The summed E-state index contributed by atoms with van der Waals surface area (Å²) in [5.41, 5.74) is 2.82. The quantitative estimate of drug-likeness (QED) is 0.711. The van der Waals surface area contributed by atoms with Crippen LogP contribution in [0.1, 0.15) is 25.3 Å². The number of benzene rings is 1. The third-order valence-corrected chi connectivity index (χ3v) is 3.64. The molecule has 0 saturated heterocycles. The highest BCUT2D eigenvalue weighted by atomic mass is 16.5. The minimum Gasteiger partial charge on any atom is -0.382 e. The molecule has 2 rings (SSSR count). The molecule has 110 valence electrons. The zero-order chi connectivity index (χ0) is 14.2. The van der Waals surface area contributed by atoms with Gasteiger partial charge in [-0.1, -0.05) is 18.2 Å². The van der Waals surface area contributed by atoms with Crippen LogP contribution in [0.2, 0.25) is 0 Å². The van der Waals surface area contributed by atoms with Gasteiger partial charge in [0.15, 0.2) is 0 Å². The number of rotatable bonds is 9. The van der Waals surface area contributed by atoms with Crippen molar-refractivity contribution in [3.8, 4) is 0 Å². The molecule has 3 nitrogen and oxygen atoms in total. The van der Waals surface area contributed by atoms with Gasteiger partial charge in [-0.05, 0) is 51.4 Å². The van der Waals surface area contributed by atoms with Crippen LogP contribution in [-0.4, -0.2) is 31.4 Å². The molecule has 1 aromatic carbocycles. The Labute approximate surface area is 121 Å². The van der Waals surface area contributed by atoms with E-state index < -0.39 is 0 Å². The molecule has 0 aliphatic rings. The molecular weight excluding hydrogens is 248 g/mol. The SMILES string of the molecule is CCOCCCn1cc(CCCNC)c2ccccc21. The van der Waals surface area contributed by atoms with Crippen molar-refractivity contribution in [3.05, 3.63) is 36.0 Å². The molecule has 0 unspecified atom stereocenters. The van der Waals surface area contributed by atoms with Crippen LogP contribution >= 0.6 is 0 Å². The predicted octanol–water partition coefficient (Wildman–Crippen LogP) is 3.22. The molecule has 0 aliphatic carbocycles. The zero-order valence-corrected chi connectivity index (χ0v) is 12.7. The van der Waals surface area contributed by atoms with Gasteiger partial charge in [0.1, 0.15) is 0 Å². The molecule has 1 heterocycles. The summed E-state index contributed by atoms with van der Waals surface area (Å²) in [5.74, 6) is 0. The van der Waals surface area contributed by atoms with Gasteiger partial charge in [-0.3, -0.25) is 0 Å². The monoisotopic (exact) mass is 274 g/mol. The second kappa shape index (κ2) is 8.08. The van der Waals surface area contributed by atoms with Gasteiger partial charge in [-0.25, -0.2) is 0 Å². The fourth-order valence-corrected chi connectivity index (χ4v) is 2.64. The van der Waals surface area contributed by atoms with Crippen LogP contribution in [0.3, 0.4) is 0 Å². The summed E-state index contributed by atoms with van der Waals surface area (Å²) in [6.07, 6.45) is 5.72. The van der Waals surface area contributed by atoms with E-state index in [2.05, 4.69) is 40.3 Å². The topological polar surface area (TPSA) is 26.2 Å². The van der Waals surface area contributed by atoms with Crippen molar-refractivity contribution in [1.82, 2.24) is 9.88 Å². The molecule has 0 amide bonds. The smallest absolute Gasteiger partial charge is 0.0483 e. The third kappa shape index (κ3) is 3.84. The third-order valence-electron chi connectivity index (χ3n) is 3.64. The van der Waals surface area contributed by atoms with E-state index in [9.17, 15) is 0 Å². The summed E-state index contributed by atoms with van der Waals surface area (Å²) in [4.78, 5) is 0. The van der Waals surface area contributed by atoms with Crippen molar-refractivity contribution >= 4 is 10.9 Å². The van der Waals surface area contributed by atoms with Crippen molar-refractivity contribution in [2.24, 2.45) is 0 Å². The van der Waals surface area contributed by atoms with E-state index in [-0.39, 0.29) is 0 Å². The van der Waals surface area contributed by atoms with E-state index in [0.29, 0.717) is 0 Å². The largest absolute Gasteiger partial charge is 0.382 e. The molecule has 0 saturated carbocycles. The van der Waals surface area contributed by atoms with Crippen molar-refractivity contribution in [1.29, 1.82) is 0 Å². The van der Waals surface area contributed by atoms with E-state index in [0.717, 1.165) is 39.1 Å². The summed E-state index contributed by atoms with van der Waals surface area (Å²) in [7, 11) is 2.01. The van der Waals surface area contributed by atoms with Gasteiger partial charge < -0.3 is 14.6 Å². The number of aryl methyl sites for hydroxylation is 2. The molecule has 0 bridgehead atoms. The molecule has 1 N–H and O–H groups in total. The van der Waals surface area contributed by atoms with Gasteiger partial charge >= 0.3 is 0 Å². The van der Waals surface area contributed by atoms with Crippen LogP contribution < -0.4 is 5.32 Å². The van der Waals surface area contributed by atoms with Gasteiger partial charge in [0.2, 0.25) is 0 Å². The lowest BCUT2D eigenvalue weighted by Gasteiger charge is -2.05. The first-order valence-corrected chi connectivity index (χ1v) is 7.66. The summed E-state index contributed by atoms with van der Waals surface area (Å²) >= 11 is 0. The molecular formula is C17H26N2O. The van der Waals surface area contributed by atoms with Crippen LogP contribution in [0.15, 0.2) is 30.5 Å². The molecule has 0 fully saturated rings. The molecule has 3 heteroatoms. The highest BCUT2D eigenvalue weighted by Gasteiger charge is 2.07. The highest BCUT2D eigenvalue weighted by Crippen LogP contribution is 2.22. The maximum atomic E-state index is 5.43. The Morgan fingerprint density at radius 2 is 2.05 bits per heavy atom. The normalized spacial score (nSPS) is 11.3. The Bertz CT molecular complexity index is 519. The van der Waals surface area contributed by atoms with E-state index in [1.54, 1.807) is 0 Å². The Morgan fingerprint density at radius 3 is 2.85 bits per heavy atom. The van der Waals surface area contributed by atoms with E-state index in [4.69, 9.17) is 4.74 Å². The van der Waals surface area contributed by atoms with Crippen molar-refractivity contribution in [3.63, 3.8) is 0 Å². The van der Waals surface area contributed by atoms with Gasteiger partial charge in [0.25, 0.3) is 0 Å². The molecule has 0 atom stereocenters. The first-order valence-electron chi connectivity index (χ1n) is 7.66. The molecule has 0 radical (unpaired) electrons. The van der Waals surface area contributed by atoms with E-state index in [1.807, 2.05) is 14.0 Å². The highest BCUT2D eigenvalue weighted by molar-refractivity contribution is 5.83. The molecule has 1 aromatic heterocycles. The average molecular weight is 274 g/mol. The lowest BCUT2D eigenvalue weighted by Crippen LogP contribution is -2.08. The maximum Gasteiger partial charge on any atom is 0.0483 e. The zero-order valence-electron chi connectivity index (χ0n) is 12.7. The van der Waals surface area contributed by atoms with Crippen LogP contribution in [0, 0.1) is 0 Å². The van der Waals surface area contributed by atoms with Gasteiger partial charge in [-0.2, -0.15) is 0 Å². The van der Waals surface area contributed by atoms with Crippen molar-refractivity contribution in [2.45, 2.75) is 32.7 Å². The van der Waals surface area contributed by atoms with Gasteiger partial charge in [-0.15, -0.1) is 0 Å². The fraction of sp³-hybridized carbons (Fsp3) is 0.529. The second-order valence-corrected chi connectivity index (χ2v) is 5.12. The van der Waals surface area contributed by atoms with Crippen molar-refractivity contribution < 1.29 is 4.74 Å². The molecule has 2 aromatic rings. The first kappa shape index (κ1) is 15.1. The first-order chi connectivity index (χ1) is 9.86. The molecule has 0 spiro atoms. The predicted molar refractivity (Wildman–Crippen MR) is 85.3 cm³/mol. The molecule has 20 heavy (non-hydrogen) atoms. The number of para-hydroxylation sites is 1. The van der Waals surface area contributed by atoms with Crippen molar-refractivity contribution in [2.75, 3.05) is 26.8 Å². The van der Waals surface area contributed by atoms with E-state index in [1.165, 1.54) is 22.9 Å². The maximum absolute atomic E-state index is 5.43. The van der Waals surface area contributed by atoms with Gasteiger partial charge in [0, 0.05) is 36.9 Å². The van der Waals surface area contributed by atoms with Crippen LogP contribution in [0.25, 0.3) is 10.9 Å².